The number of rotatable bonds is 6. The van der Waals surface area contributed by atoms with E-state index in [9.17, 15) is 8.42 Å². The van der Waals surface area contributed by atoms with Crippen molar-refractivity contribution >= 4 is 31.4 Å². The van der Waals surface area contributed by atoms with Gasteiger partial charge in [-0.15, -0.1) is 11.3 Å². The van der Waals surface area contributed by atoms with Gasteiger partial charge in [0.05, 0.1) is 0 Å². The first kappa shape index (κ1) is 16.4. The van der Waals surface area contributed by atoms with Crippen molar-refractivity contribution in [2.75, 3.05) is 13.6 Å². The van der Waals surface area contributed by atoms with Crippen LogP contribution < -0.4 is 5.32 Å². The van der Waals surface area contributed by atoms with E-state index in [0.717, 1.165) is 15.0 Å². The minimum atomic E-state index is -3.48. The molecule has 1 heterocycles. The third-order valence-electron chi connectivity index (χ3n) is 3.41. The monoisotopic (exact) mass is 326 g/mol. The summed E-state index contributed by atoms with van der Waals surface area (Å²) < 4.78 is 28.7. The molecule has 0 aliphatic heterocycles. The quantitative estimate of drug-likeness (QED) is 0.887. The molecular weight excluding hydrogens is 304 g/mol. The number of sulfonamides is 1. The van der Waals surface area contributed by atoms with Crippen molar-refractivity contribution in [2.45, 2.75) is 38.3 Å². The Balaban J connectivity index is 2.71. The fourth-order valence-corrected chi connectivity index (χ4v) is 6.12. The van der Waals surface area contributed by atoms with Crippen LogP contribution in [0.3, 0.4) is 0 Å². The number of nitrogens with zero attached hydrogens (tertiary/aromatic N) is 1. The maximum absolute atomic E-state index is 13.1. The van der Waals surface area contributed by atoms with Gasteiger partial charge in [0, 0.05) is 34.1 Å². The molecule has 0 bridgehead atoms. The van der Waals surface area contributed by atoms with E-state index in [1.54, 1.807) is 15.6 Å². The topological polar surface area (TPSA) is 49.4 Å². The number of hydrogen-bond acceptors (Lipinski definition) is 4. The SMILES string of the molecule is CCN(C(C)C)S(=O)(=O)c1c(CNC)sc2ccccc12. The Kier molecular flexibility index (Phi) is 5.03. The third-order valence-corrected chi connectivity index (χ3v) is 6.99. The van der Waals surface area contributed by atoms with Gasteiger partial charge in [-0.3, -0.25) is 0 Å². The Morgan fingerprint density at radius 2 is 1.95 bits per heavy atom. The molecule has 4 nitrogen and oxygen atoms in total. The van der Waals surface area contributed by atoms with Crippen molar-refractivity contribution in [1.82, 2.24) is 9.62 Å². The molecule has 0 fully saturated rings. The number of nitrogens with one attached hydrogen (secondary N) is 1. The minimum absolute atomic E-state index is 0.0545. The van der Waals surface area contributed by atoms with Crippen LogP contribution in [0.4, 0.5) is 0 Å². The average molecular weight is 326 g/mol. The summed E-state index contributed by atoms with van der Waals surface area (Å²) in [5.74, 6) is 0. The summed E-state index contributed by atoms with van der Waals surface area (Å²) in [6, 6.07) is 7.65. The number of hydrogen-bond donors (Lipinski definition) is 1. The Morgan fingerprint density at radius 3 is 2.52 bits per heavy atom. The summed E-state index contributed by atoms with van der Waals surface area (Å²) in [4.78, 5) is 1.34. The molecule has 1 N–H and O–H groups in total. The smallest absolute Gasteiger partial charge is 0.245 e. The maximum Gasteiger partial charge on any atom is 0.245 e. The van der Waals surface area contributed by atoms with E-state index in [-0.39, 0.29) is 6.04 Å². The highest BCUT2D eigenvalue weighted by Crippen LogP contribution is 2.36. The number of fused-ring (bicyclic) bond motifs is 1. The van der Waals surface area contributed by atoms with E-state index < -0.39 is 10.0 Å². The van der Waals surface area contributed by atoms with E-state index in [1.165, 1.54) is 0 Å². The molecular formula is C15H22N2O2S2. The Labute approximate surface area is 130 Å². The summed E-state index contributed by atoms with van der Waals surface area (Å²) in [5.41, 5.74) is 0. The van der Waals surface area contributed by atoms with E-state index in [0.29, 0.717) is 18.0 Å². The molecule has 0 saturated heterocycles. The lowest BCUT2D eigenvalue weighted by Crippen LogP contribution is -2.37. The predicted octanol–water partition coefficient (Wildman–Crippen LogP) is 3.04. The van der Waals surface area contributed by atoms with Crippen LogP contribution in [-0.2, 0) is 16.6 Å². The second-order valence-corrected chi connectivity index (χ2v) is 8.15. The molecule has 0 unspecified atom stereocenters. The third kappa shape index (κ3) is 2.99. The molecule has 2 aromatic rings. The van der Waals surface area contributed by atoms with Gasteiger partial charge in [-0.05, 0) is 27.0 Å². The standard InChI is InChI=1S/C15H22N2O2S2/c1-5-17(11(2)3)21(18,19)15-12-8-6-7-9-13(12)20-14(15)10-16-4/h6-9,11,16H,5,10H2,1-4H3. The van der Waals surface area contributed by atoms with Crippen LogP contribution in [0.1, 0.15) is 25.6 Å². The van der Waals surface area contributed by atoms with Gasteiger partial charge >= 0.3 is 0 Å². The van der Waals surface area contributed by atoms with Crippen LogP contribution in [0.15, 0.2) is 29.2 Å². The van der Waals surface area contributed by atoms with Crippen molar-refractivity contribution < 1.29 is 8.42 Å². The molecule has 116 valence electrons. The molecule has 0 aliphatic rings. The van der Waals surface area contributed by atoms with Crippen LogP contribution in [0.2, 0.25) is 0 Å². The van der Waals surface area contributed by atoms with Crippen molar-refractivity contribution in [3.63, 3.8) is 0 Å². The van der Waals surface area contributed by atoms with Crippen molar-refractivity contribution in [3.05, 3.63) is 29.1 Å². The average Bonchev–Trinajstić information content (AvgIpc) is 2.77. The molecule has 0 saturated carbocycles. The minimum Gasteiger partial charge on any atom is -0.315 e. The van der Waals surface area contributed by atoms with Crippen LogP contribution in [0.25, 0.3) is 10.1 Å². The molecule has 0 aliphatic carbocycles. The number of benzene rings is 1. The number of thiophene rings is 1. The molecule has 0 spiro atoms. The molecule has 0 amide bonds. The van der Waals surface area contributed by atoms with Gasteiger partial charge in [0.15, 0.2) is 0 Å². The van der Waals surface area contributed by atoms with Crippen molar-refractivity contribution in [3.8, 4) is 0 Å². The first-order valence-electron chi connectivity index (χ1n) is 7.10. The molecule has 6 heteroatoms. The van der Waals surface area contributed by atoms with Gasteiger partial charge < -0.3 is 5.32 Å². The summed E-state index contributed by atoms with van der Waals surface area (Å²) in [5, 5.41) is 3.90. The van der Waals surface area contributed by atoms with Gasteiger partial charge in [0.25, 0.3) is 0 Å². The highest BCUT2D eigenvalue weighted by molar-refractivity contribution is 7.89. The predicted molar refractivity (Wildman–Crippen MR) is 89.3 cm³/mol. The molecule has 2 rings (SSSR count). The summed E-state index contributed by atoms with van der Waals surface area (Å²) in [6.45, 7) is 6.73. The van der Waals surface area contributed by atoms with Crippen molar-refractivity contribution in [2.24, 2.45) is 0 Å². The zero-order valence-electron chi connectivity index (χ0n) is 12.9. The maximum atomic E-state index is 13.1. The largest absolute Gasteiger partial charge is 0.315 e. The first-order chi connectivity index (χ1) is 9.93. The van der Waals surface area contributed by atoms with Gasteiger partial charge in [0.2, 0.25) is 10.0 Å². The lowest BCUT2D eigenvalue weighted by atomic mass is 10.2. The first-order valence-corrected chi connectivity index (χ1v) is 9.36. The fourth-order valence-electron chi connectivity index (χ4n) is 2.56. The van der Waals surface area contributed by atoms with Gasteiger partial charge in [-0.25, -0.2) is 8.42 Å². The highest BCUT2D eigenvalue weighted by Gasteiger charge is 2.31. The van der Waals surface area contributed by atoms with Crippen molar-refractivity contribution in [1.29, 1.82) is 0 Å². The van der Waals surface area contributed by atoms with E-state index >= 15 is 0 Å². The molecule has 1 aromatic carbocycles. The van der Waals surface area contributed by atoms with Gasteiger partial charge in [-0.2, -0.15) is 4.31 Å². The van der Waals surface area contributed by atoms with E-state index in [2.05, 4.69) is 5.32 Å². The summed E-state index contributed by atoms with van der Waals surface area (Å²) >= 11 is 1.55. The Hall–Kier alpha value is -0.950. The normalized spacial score (nSPS) is 12.7. The van der Waals surface area contributed by atoms with Crippen LogP contribution in [0, 0.1) is 0 Å². The highest BCUT2D eigenvalue weighted by atomic mass is 32.2. The molecule has 21 heavy (non-hydrogen) atoms. The fraction of sp³-hybridized carbons (Fsp3) is 0.467. The lowest BCUT2D eigenvalue weighted by molar-refractivity contribution is 0.369. The zero-order valence-corrected chi connectivity index (χ0v) is 14.5. The zero-order chi connectivity index (χ0) is 15.6. The lowest BCUT2D eigenvalue weighted by Gasteiger charge is -2.24. The van der Waals surface area contributed by atoms with Gasteiger partial charge in [-0.1, -0.05) is 25.1 Å². The second-order valence-electron chi connectivity index (χ2n) is 5.18. The van der Waals surface area contributed by atoms with E-state index in [1.807, 2.05) is 52.1 Å². The Bertz CT molecular complexity index is 720. The Morgan fingerprint density at radius 1 is 1.29 bits per heavy atom. The summed E-state index contributed by atoms with van der Waals surface area (Å²) in [7, 11) is -1.65. The summed E-state index contributed by atoms with van der Waals surface area (Å²) in [6.07, 6.45) is 0. The van der Waals surface area contributed by atoms with Crippen LogP contribution in [0.5, 0.6) is 0 Å². The molecule has 0 radical (unpaired) electrons. The molecule has 0 atom stereocenters. The molecule has 1 aromatic heterocycles. The van der Waals surface area contributed by atoms with Gasteiger partial charge in [0.1, 0.15) is 4.90 Å². The van der Waals surface area contributed by atoms with E-state index in [4.69, 9.17) is 0 Å². The van der Waals surface area contributed by atoms with Crippen LogP contribution >= 0.6 is 11.3 Å². The second kappa shape index (κ2) is 6.44. The van der Waals surface area contributed by atoms with Crippen LogP contribution in [-0.4, -0.2) is 32.4 Å².